The highest BCUT2D eigenvalue weighted by Gasteiger charge is 2.34. The van der Waals surface area contributed by atoms with Crippen LogP contribution in [0.5, 0.6) is 40.2 Å². The normalized spacial score (nSPS) is 15.6. The van der Waals surface area contributed by atoms with Crippen molar-refractivity contribution < 1.29 is 38.7 Å². The molecule has 2 N–H and O–H groups in total. The molecule has 0 spiro atoms. The van der Waals surface area contributed by atoms with Gasteiger partial charge in [-0.1, -0.05) is 6.07 Å². The second-order valence-electron chi connectivity index (χ2n) is 11.9. The maximum atomic E-state index is 13.1. The first kappa shape index (κ1) is 34.4. The third kappa shape index (κ3) is 6.21. The third-order valence-electron chi connectivity index (χ3n) is 9.20. The van der Waals surface area contributed by atoms with E-state index in [1.165, 1.54) is 13.2 Å². The molecule has 4 aromatic rings. The number of phenols is 2. The molecule has 0 bridgehead atoms. The minimum Gasteiger partial charge on any atom is -0.507 e. The molecule has 4 aromatic carbocycles. The van der Waals surface area contributed by atoms with E-state index in [0.29, 0.717) is 65.3 Å². The van der Waals surface area contributed by atoms with E-state index in [1.54, 1.807) is 44.4 Å². The maximum Gasteiger partial charge on any atom is 0.254 e. The van der Waals surface area contributed by atoms with Gasteiger partial charge in [0.2, 0.25) is 5.75 Å². The van der Waals surface area contributed by atoms with Crippen molar-refractivity contribution in [2.24, 2.45) is 0 Å². The van der Waals surface area contributed by atoms with Crippen molar-refractivity contribution in [2.45, 2.75) is 25.3 Å². The number of likely N-dealkylation sites (N-methyl/N-ethyl adjacent to an activating group) is 2. The highest BCUT2D eigenvalue weighted by atomic mass is 35.5. The summed E-state index contributed by atoms with van der Waals surface area (Å²) in [5.74, 6) is 1.61. The van der Waals surface area contributed by atoms with Crippen molar-refractivity contribution in [1.29, 1.82) is 0 Å². The Kier molecular flexibility index (Phi) is 10.1. The zero-order valence-electron chi connectivity index (χ0n) is 27.5. The molecule has 0 saturated carbocycles. The molecule has 0 aromatic heterocycles. The summed E-state index contributed by atoms with van der Waals surface area (Å²) in [5.41, 5.74) is 5.67. The average molecular weight is 675 g/mol. The molecule has 0 aliphatic carbocycles. The van der Waals surface area contributed by atoms with Crippen molar-refractivity contribution in [3.63, 3.8) is 0 Å². The van der Waals surface area contributed by atoms with Gasteiger partial charge in [0.1, 0.15) is 17.8 Å². The van der Waals surface area contributed by atoms with Gasteiger partial charge in [-0.15, -0.1) is 12.4 Å². The predicted octanol–water partition coefficient (Wildman–Crippen LogP) is 6.22. The van der Waals surface area contributed by atoms with Crippen LogP contribution in [0.1, 0.15) is 49.0 Å². The molecule has 48 heavy (non-hydrogen) atoms. The van der Waals surface area contributed by atoms with Gasteiger partial charge in [0, 0.05) is 54.0 Å². The predicted molar refractivity (Wildman–Crippen MR) is 184 cm³/mol. The lowest BCUT2D eigenvalue weighted by atomic mass is 9.87. The fraction of sp³-hybridized carbons (Fsp3) is 0.297. The first-order valence-corrected chi connectivity index (χ1v) is 15.4. The number of rotatable bonds is 9. The fourth-order valence-corrected chi connectivity index (χ4v) is 6.56. The Morgan fingerprint density at radius 2 is 1.50 bits per heavy atom. The first-order chi connectivity index (χ1) is 22.7. The van der Waals surface area contributed by atoms with E-state index < -0.39 is 0 Å². The van der Waals surface area contributed by atoms with Gasteiger partial charge < -0.3 is 34.1 Å². The van der Waals surface area contributed by atoms with Gasteiger partial charge in [0.05, 0.1) is 21.3 Å². The topological polar surface area (TPSA) is 118 Å². The van der Waals surface area contributed by atoms with Gasteiger partial charge in [0.15, 0.2) is 23.0 Å². The largest absolute Gasteiger partial charge is 0.507 e. The van der Waals surface area contributed by atoms with Crippen LogP contribution < -0.4 is 18.9 Å². The van der Waals surface area contributed by atoms with Crippen LogP contribution in [0, 0.1) is 0 Å². The Balaban J connectivity index is 0.00000451. The molecule has 11 heteroatoms. The third-order valence-corrected chi connectivity index (χ3v) is 9.20. The van der Waals surface area contributed by atoms with Crippen LogP contribution in [0.3, 0.4) is 0 Å². The molecule has 2 aliphatic rings. The van der Waals surface area contributed by atoms with Crippen LogP contribution in [0.2, 0.25) is 0 Å². The van der Waals surface area contributed by atoms with Crippen LogP contribution in [-0.2, 0) is 19.3 Å². The lowest BCUT2D eigenvalue weighted by Crippen LogP contribution is -2.34. The van der Waals surface area contributed by atoms with Crippen molar-refractivity contribution >= 4 is 24.6 Å². The fourth-order valence-electron chi connectivity index (χ4n) is 6.56. The number of methoxy groups -OCH3 is 3. The Labute approximate surface area is 285 Å². The molecule has 0 fully saturated rings. The summed E-state index contributed by atoms with van der Waals surface area (Å²) < 4.78 is 23.5. The molecular weight excluding hydrogens is 636 g/mol. The number of carbonyl (C=O) groups is 2. The Bertz CT molecular complexity index is 1880. The van der Waals surface area contributed by atoms with E-state index in [-0.39, 0.29) is 47.4 Å². The molecule has 6 rings (SSSR count). The minimum absolute atomic E-state index is 0. The van der Waals surface area contributed by atoms with Crippen LogP contribution in [0.4, 0.5) is 0 Å². The molecule has 0 unspecified atom stereocenters. The van der Waals surface area contributed by atoms with Gasteiger partial charge in [0.25, 0.3) is 5.91 Å². The summed E-state index contributed by atoms with van der Waals surface area (Å²) in [7, 11) is 8.40. The molecule has 0 saturated heterocycles. The number of phenolic OH excluding ortho intramolecular Hbond substituents is 2. The van der Waals surface area contributed by atoms with Gasteiger partial charge in [-0.3, -0.25) is 14.5 Å². The van der Waals surface area contributed by atoms with E-state index in [0.717, 1.165) is 35.1 Å². The molecule has 10 nitrogen and oxygen atoms in total. The average Bonchev–Trinajstić information content (AvgIpc) is 3.08. The van der Waals surface area contributed by atoms with Gasteiger partial charge in [-0.2, -0.15) is 0 Å². The number of hydrogen-bond donors (Lipinski definition) is 2. The van der Waals surface area contributed by atoms with Crippen LogP contribution in [0.15, 0.2) is 54.6 Å². The number of halogens is 1. The van der Waals surface area contributed by atoms with Crippen molar-refractivity contribution in [3.05, 3.63) is 88.0 Å². The second kappa shape index (κ2) is 14.0. The van der Waals surface area contributed by atoms with Crippen molar-refractivity contribution in [2.75, 3.05) is 48.5 Å². The van der Waals surface area contributed by atoms with Crippen molar-refractivity contribution in [3.8, 4) is 51.4 Å². The summed E-state index contributed by atoms with van der Waals surface area (Å²) in [5, 5.41) is 22.3. The van der Waals surface area contributed by atoms with Gasteiger partial charge in [-0.05, 0) is 91.5 Å². The Morgan fingerprint density at radius 1 is 0.792 bits per heavy atom. The number of aldehydes is 1. The zero-order valence-corrected chi connectivity index (χ0v) is 28.3. The number of nitrogens with zero attached hydrogens (tertiary/aromatic N) is 2. The number of fused-ring (bicyclic) bond motifs is 2. The summed E-state index contributed by atoms with van der Waals surface area (Å²) in [6.07, 6.45) is 2.64. The van der Waals surface area contributed by atoms with Crippen molar-refractivity contribution in [1.82, 2.24) is 9.80 Å². The Morgan fingerprint density at radius 3 is 2.21 bits per heavy atom. The quantitative estimate of drug-likeness (QED) is 0.200. The Hall–Kier alpha value is -4.93. The standard InChI is InChI=1S/C37H38N2O8.ClH/c1-38-12-11-24-18-33(46-5)35(42)36(47-32-19-25-23(17-31(32)45-4)10-13-39(2)37(25)43)34(24)28(38)16-21-7-9-30(44-3)27(14-21)26-15-22(20-40)6-8-29(26)41;/h6-9,14-15,17-20,28,41-42H,10-13,16H2,1-5H3;1H/t28-;/m0./s1. The van der Waals surface area contributed by atoms with E-state index >= 15 is 0 Å². The number of amides is 1. The van der Waals surface area contributed by atoms with Crippen LogP contribution in [0.25, 0.3) is 11.1 Å². The summed E-state index contributed by atoms with van der Waals surface area (Å²) in [4.78, 5) is 28.5. The number of aromatic hydroxyl groups is 2. The molecule has 1 amide bonds. The SMILES string of the molecule is COc1cc2c(cc1Oc1c(O)c(OC)cc3c1[C@H](Cc1ccc(OC)c(-c4cc(C=O)ccc4O)c1)N(C)CC3)C(=O)N(C)CC2.Cl. The van der Waals surface area contributed by atoms with Crippen LogP contribution in [-0.4, -0.2) is 80.7 Å². The maximum absolute atomic E-state index is 13.1. The van der Waals surface area contributed by atoms with E-state index in [9.17, 15) is 19.8 Å². The minimum atomic E-state index is -0.238. The highest BCUT2D eigenvalue weighted by molar-refractivity contribution is 5.97. The lowest BCUT2D eigenvalue weighted by molar-refractivity contribution is 0.0780. The number of hydrogen-bond acceptors (Lipinski definition) is 9. The van der Waals surface area contributed by atoms with Gasteiger partial charge >= 0.3 is 0 Å². The summed E-state index contributed by atoms with van der Waals surface area (Å²) >= 11 is 0. The summed E-state index contributed by atoms with van der Waals surface area (Å²) in [6, 6.07) is 15.6. The molecular formula is C37H39ClN2O8. The lowest BCUT2D eigenvalue weighted by Gasteiger charge is -2.36. The molecule has 1 atom stereocenters. The van der Waals surface area contributed by atoms with Gasteiger partial charge in [-0.25, -0.2) is 0 Å². The molecule has 0 radical (unpaired) electrons. The summed E-state index contributed by atoms with van der Waals surface area (Å²) in [6.45, 7) is 1.36. The van der Waals surface area contributed by atoms with Crippen LogP contribution >= 0.6 is 12.4 Å². The zero-order chi connectivity index (χ0) is 33.4. The second-order valence-corrected chi connectivity index (χ2v) is 11.9. The molecule has 2 heterocycles. The van der Waals surface area contributed by atoms with E-state index in [2.05, 4.69) is 4.90 Å². The highest BCUT2D eigenvalue weighted by Crippen LogP contribution is 2.51. The number of ether oxygens (including phenoxy) is 4. The number of carbonyl (C=O) groups excluding carboxylic acids is 2. The van der Waals surface area contributed by atoms with E-state index in [4.69, 9.17) is 18.9 Å². The monoisotopic (exact) mass is 674 g/mol. The smallest absolute Gasteiger partial charge is 0.254 e. The molecule has 2 aliphatic heterocycles. The number of benzene rings is 4. The van der Waals surface area contributed by atoms with E-state index in [1.807, 2.05) is 37.4 Å². The molecule has 252 valence electrons. The first-order valence-electron chi connectivity index (χ1n) is 15.4.